The molecule has 1 saturated heterocycles. The number of methoxy groups -OCH3 is 1. The van der Waals surface area contributed by atoms with Crippen LogP contribution < -0.4 is 10.2 Å². The van der Waals surface area contributed by atoms with E-state index in [1.807, 2.05) is 39.8 Å². The van der Waals surface area contributed by atoms with Gasteiger partial charge >= 0.3 is 7.12 Å². The van der Waals surface area contributed by atoms with Crippen LogP contribution in [0.15, 0.2) is 36.4 Å². The topological polar surface area (TPSA) is 44.8 Å². The maximum absolute atomic E-state index is 14.2. The van der Waals surface area contributed by atoms with Gasteiger partial charge in [0.2, 0.25) is 0 Å². The second-order valence-corrected chi connectivity index (χ2v) is 9.60. The molecule has 30 heavy (non-hydrogen) atoms. The minimum atomic E-state index is -0.677. The standard InChI is InChI=1S/C23H28BFO4S/c1-7-30-14-15-8-10-17(21(26)16-9-11-20(27-6)19(25)13-16)18(12-15)24-28-22(2,3)23(4,5)29-24/h8-13H,7,14H2,1-6H3. The lowest BCUT2D eigenvalue weighted by atomic mass is 9.73. The van der Waals surface area contributed by atoms with E-state index in [1.165, 1.54) is 19.2 Å². The Labute approximate surface area is 182 Å². The molecule has 0 unspecified atom stereocenters. The Hall–Kier alpha value is -1.83. The zero-order valence-corrected chi connectivity index (χ0v) is 19.2. The van der Waals surface area contributed by atoms with Crippen molar-refractivity contribution in [2.45, 2.75) is 51.6 Å². The number of ketones is 1. The van der Waals surface area contributed by atoms with Crippen LogP contribution in [-0.4, -0.2) is 37.0 Å². The Morgan fingerprint density at radius 3 is 2.33 bits per heavy atom. The van der Waals surface area contributed by atoms with E-state index in [0.717, 1.165) is 17.1 Å². The van der Waals surface area contributed by atoms with Crippen LogP contribution in [0.5, 0.6) is 5.75 Å². The lowest BCUT2D eigenvalue weighted by Gasteiger charge is -2.32. The van der Waals surface area contributed by atoms with Gasteiger partial charge in [0, 0.05) is 16.9 Å². The predicted molar refractivity (Wildman–Crippen MR) is 120 cm³/mol. The molecule has 160 valence electrons. The van der Waals surface area contributed by atoms with Crippen molar-refractivity contribution in [1.29, 1.82) is 0 Å². The van der Waals surface area contributed by atoms with Crippen LogP contribution in [0.1, 0.15) is 56.1 Å². The van der Waals surface area contributed by atoms with Crippen molar-refractivity contribution in [3.8, 4) is 5.75 Å². The number of rotatable bonds is 7. The Morgan fingerprint density at radius 2 is 1.77 bits per heavy atom. The van der Waals surface area contributed by atoms with E-state index < -0.39 is 24.1 Å². The maximum Gasteiger partial charge on any atom is 0.495 e. The zero-order valence-electron chi connectivity index (χ0n) is 18.4. The molecule has 1 fully saturated rings. The van der Waals surface area contributed by atoms with E-state index in [1.54, 1.807) is 23.9 Å². The van der Waals surface area contributed by atoms with Crippen LogP contribution in [0.25, 0.3) is 0 Å². The largest absolute Gasteiger partial charge is 0.495 e. The van der Waals surface area contributed by atoms with Crippen LogP contribution in [0.4, 0.5) is 4.39 Å². The van der Waals surface area contributed by atoms with Gasteiger partial charge in [-0.15, -0.1) is 0 Å². The summed E-state index contributed by atoms with van der Waals surface area (Å²) in [4.78, 5) is 13.3. The first kappa shape index (κ1) is 22.9. The first-order valence-electron chi connectivity index (χ1n) is 10.0. The second-order valence-electron chi connectivity index (χ2n) is 8.33. The van der Waals surface area contributed by atoms with Crippen LogP contribution in [-0.2, 0) is 15.1 Å². The lowest BCUT2D eigenvalue weighted by molar-refractivity contribution is 0.00578. The summed E-state index contributed by atoms with van der Waals surface area (Å²) in [7, 11) is 0.715. The highest BCUT2D eigenvalue weighted by molar-refractivity contribution is 7.98. The van der Waals surface area contributed by atoms with Crippen molar-refractivity contribution >= 4 is 30.1 Å². The van der Waals surface area contributed by atoms with Crippen LogP contribution >= 0.6 is 11.8 Å². The smallest absolute Gasteiger partial charge is 0.494 e. The summed E-state index contributed by atoms with van der Waals surface area (Å²) in [6.45, 7) is 10.0. The molecule has 0 aliphatic carbocycles. The van der Waals surface area contributed by atoms with E-state index in [-0.39, 0.29) is 17.1 Å². The molecule has 0 saturated carbocycles. The third-order valence-electron chi connectivity index (χ3n) is 5.75. The monoisotopic (exact) mass is 430 g/mol. The lowest BCUT2D eigenvalue weighted by Crippen LogP contribution is -2.41. The number of carbonyl (C=O) groups excluding carboxylic acids is 1. The third kappa shape index (κ3) is 4.43. The highest BCUT2D eigenvalue weighted by atomic mass is 32.2. The fourth-order valence-corrected chi connectivity index (χ4v) is 3.88. The summed E-state index contributed by atoms with van der Waals surface area (Å²) in [5, 5.41) is 0. The SMILES string of the molecule is CCSCc1ccc(C(=O)c2ccc(OC)c(F)c2)c(B2OC(C)(C)C(C)(C)O2)c1. The number of thioether (sulfide) groups is 1. The van der Waals surface area contributed by atoms with Gasteiger partial charge < -0.3 is 14.0 Å². The molecule has 0 aromatic heterocycles. The van der Waals surface area contributed by atoms with E-state index in [9.17, 15) is 9.18 Å². The van der Waals surface area contributed by atoms with Gasteiger partial charge in [0.1, 0.15) is 0 Å². The van der Waals surface area contributed by atoms with Gasteiger partial charge in [-0.25, -0.2) is 4.39 Å². The molecule has 4 nitrogen and oxygen atoms in total. The summed E-state index contributed by atoms with van der Waals surface area (Å²) in [6.07, 6.45) is 0. The van der Waals surface area contributed by atoms with Crippen molar-refractivity contribution in [3.63, 3.8) is 0 Å². The van der Waals surface area contributed by atoms with Crippen LogP contribution in [0.2, 0.25) is 0 Å². The molecule has 1 aliphatic rings. The number of carbonyl (C=O) groups is 1. The number of ether oxygens (including phenoxy) is 1. The fraction of sp³-hybridized carbons (Fsp3) is 0.435. The Morgan fingerprint density at radius 1 is 1.10 bits per heavy atom. The highest BCUT2D eigenvalue weighted by Gasteiger charge is 2.52. The first-order valence-corrected chi connectivity index (χ1v) is 11.2. The number of benzene rings is 2. The molecule has 1 aliphatic heterocycles. The van der Waals surface area contributed by atoms with E-state index in [4.69, 9.17) is 14.0 Å². The third-order valence-corrected chi connectivity index (χ3v) is 6.70. The predicted octanol–water partition coefficient (Wildman–Crippen LogP) is 4.62. The molecule has 1 heterocycles. The first-order chi connectivity index (χ1) is 14.1. The van der Waals surface area contributed by atoms with Gasteiger partial charge in [-0.05, 0) is 62.7 Å². The zero-order chi connectivity index (χ0) is 22.1. The molecule has 0 N–H and O–H groups in total. The minimum absolute atomic E-state index is 0.102. The van der Waals surface area contributed by atoms with Crippen LogP contribution in [0.3, 0.4) is 0 Å². The molecule has 0 radical (unpaired) electrons. The molecule has 0 amide bonds. The number of hydrogen-bond donors (Lipinski definition) is 0. The van der Waals surface area contributed by atoms with E-state index >= 15 is 0 Å². The molecular weight excluding hydrogens is 402 g/mol. The molecular formula is C23H28BFO4S. The van der Waals surface area contributed by atoms with Crippen LogP contribution in [0, 0.1) is 5.82 Å². The number of halogens is 1. The molecule has 0 spiro atoms. The highest BCUT2D eigenvalue weighted by Crippen LogP contribution is 2.37. The van der Waals surface area contributed by atoms with Crippen molar-refractivity contribution in [1.82, 2.24) is 0 Å². The van der Waals surface area contributed by atoms with Crippen molar-refractivity contribution < 1.29 is 23.2 Å². The van der Waals surface area contributed by atoms with Crippen molar-refractivity contribution in [2.24, 2.45) is 0 Å². The van der Waals surface area contributed by atoms with Crippen molar-refractivity contribution in [2.75, 3.05) is 12.9 Å². The number of hydrogen-bond acceptors (Lipinski definition) is 5. The average Bonchev–Trinajstić information content (AvgIpc) is 2.92. The normalized spacial score (nSPS) is 17.2. The molecule has 7 heteroatoms. The Balaban J connectivity index is 2.03. The molecule has 2 aromatic rings. The summed E-state index contributed by atoms with van der Waals surface area (Å²) >= 11 is 1.80. The maximum atomic E-state index is 14.2. The van der Waals surface area contributed by atoms with Gasteiger partial charge in [0.15, 0.2) is 17.3 Å². The quantitative estimate of drug-likeness (QED) is 0.474. The van der Waals surface area contributed by atoms with Crippen molar-refractivity contribution in [3.05, 3.63) is 58.9 Å². The summed E-state index contributed by atoms with van der Waals surface area (Å²) < 4.78 is 31.6. The molecule has 3 rings (SSSR count). The summed E-state index contributed by atoms with van der Waals surface area (Å²) in [5.41, 5.74) is 1.40. The fourth-order valence-electron chi connectivity index (χ4n) is 3.26. The second kappa shape index (κ2) is 8.73. The molecule has 0 atom stereocenters. The average molecular weight is 430 g/mol. The Bertz CT molecular complexity index is 929. The molecule has 0 bridgehead atoms. The minimum Gasteiger partial charge on any atom is -0.494 e. The van der Waals surface area contributed by atoms with Gasteiger partial charge in [-0.2, -0.15) is 11.8 Å². The van der Waals surface area contributed by atoms with Gasteiger partial charge in [-0.1, -0.05) is 25.1 Å². The van der Waals surface area contributed by atoms with E-state index in [0.29, 0.717) is 11.0 Å². The summed E-state index contributed by atoms with van der Waals surface area (Å²) in [5.74, 6) is 1.07. The van der Waals surface area contributed by atoms with Gasteiger partial charge in [0.25, 0.3) is 0 Å². The summed E-state index contributed by atoms with van der Waals surface area (Å²) in [6, 6.07) is 9.93. The van der Waals surface area contributed by atoms with Gasteiger partial charge in [0.05, 0.1) is 18.3 Å². The molecule has 2 aromatic carbocycles. The Kier molecular flexibility index (Phi) is 6.65. The van der Waals surface area contributed by atoms with Gasteiger partial charge in [-0.3, -0.25) is 4.79 Å². The van der Waals surface area contributed by atoms with E-state index in [2.05, 4.69) is 6.92 Å².